The molecule has 0 atom stereocenters. The molecule has 0 N–H and O–H groups in total. The summed E-state index contributed by atoms with van der Waals surface area (Å²) in [5, 5.41) is 14.9. The Balaban J connectivity index is 1.55. The maximum absolute atomic E-state index is 6.27. The Morgan fingerprint density at radius 3 is 2.52 bits per heavy atom. The fraction of sp³-hybridized carbons (Fsp3) is 0. The lowest BCUT2D eigenvalue weighted by Crippen LogP contribution is -1.90. The van der Waals surface area contributed by atoms with Crippen LogP contribution in [0.15, 0.2) is 65.1 Å². The van der Waals surface area contributed by atoms with Gasteiger partial charge in [-0.1, -0.05) is 64.9 Å². The normalized spacial score (nSPS) is 11.3. The molecule has 0 radical (unpaired) electrons. The zero-order valence-corrected chi connectivity index (χ0v) is 16.0. The van der Waals surface area contributed by atoms with E-state index in [-0.39, 0.29) is 0 Å². The van der Waals surface area contributed by atoms with E-state index in [0.29, 0.717) is 37.4 Å². The van der Waals surface area contributed by atoms with Gasteiger partial charge in [-0.05, 0) is 30.3 Å². The molecule has 5 rings (SSSR count). The number of fused-ring (bicyclic) bond motifs is 1. The zero-order valence-electron chi connectivity index (χ0n) is 13.6. The van der Waals surface area contributed by atoms with Crippen LogP contribution in [0.4, 0.5) is 0 Å². The number of aromatic nitrogens is 4. The topological polar surface area (TPSA) is 56.2 Å². The van der Waals surface area contributed by atoms with Gasteiger partial charge in [-0.25, -0.2) is 0 Å². The second-order valence-corrected chi connectivity index (χ2v) is 7.58. The first-order valence-corrected chi connectivity index (χ1v) is 9.59. The van der Waals surface area contributed by atoms with Crippen molar-refractivity contribution in [1.29, 1.82) is 0 Å². The van der Waals surface area contributed by atoms with Gasteiger partial charge in [-0.15, -0.1) is 15.3 Å². The van der Waals surface area contributed by atoms with E-state index in [2.05, 4.69) is 15.3 Å². The molecule has 0 aliphatic rings. The van der Waals surface area contributed by atoms with Gasteiger partial charge in [0.15, 0.2) is 16.6 Å². The van der Waals surface area contributed by atoms with E-state index in [0.717, 1.165) is 11.1 Å². The number of furan rings is 1. The summed E-state index contributed by atoms with van der Waals surface area (Å²) in [6.07, 6.45) is 0. The van der Waals surface area contributed by atoms with Crippen LogP contribution in [-0.2, 0) is 0 Å². The van der Waals surface area contributed by atoms with Crippen molar-refractivity contribution in [3.05, 3.63) is 70.7 Å². The van der Waals surface area contributed by atoms with Crippen LogP contribution in [-0.4, -0.2) is 19.8 Å². The SMILES string of the molecule is Clc1ccc(-c2ccc(-c3nn4c(-c5ccccc5)nnc4s3)o2)c(Cl)c1. The van der Waals surface area contributed by atoms with Gasteiger partial charge >= 0.3 is 0 Å². The Kier molecular flexibility index (Phi) is 3.97. The van der Waals surface area contributed by atoms with Gasteiger partial charge in [0.1, 0.15) is 5.76 Å². The van der Waals surface area contributed by atoms with Crippen molar-refractivity contribution >= 4 is 39.5 Å². The molecule has 0 aliphatic carbocycles. The number of nitrogens with zero attached hydrogens (tertiary/aromatic N) is 4. The molecule has 2 aromatic carbocycles. The fourth-order valence-electron chi connectivity index (χ4n) is 2.77. The molecule has 0 bridgehead atoms. The molecule has 3 aromatic heterocycles. The first kappa shape index (κ1) is 16.5. The van der Waals surface area contributed by atoms with Crippen molar-refractivity contribution in [2.75, 3.05) is 0 Å². The van der Waals surface area contributed by atoms with Gasteiger partial charge in [0.2, 0.25) is 4.96 Å². The summed E-state index contributed by atoms with van der Waals surface area (Å²) in [6, 6.07) is 18.9. The molecule has 5 aromatic rings. The van der Waals surface area contributed by atoms with E-state index in [1.165, 1.54) is 11.3 Å². The molecule has 0 amide bonds. The highest BCUT2D eigenvalue weighted by molar-refractivity contribution is 7.19. The van der Waals surface area contributed by atoms with E-state index >= 15 is 0 Å². The monoisotopic (exact) mass is 412 g/mol. The first-order chi connectivity index (χ1) is 13.2. The van der Waals surface area contributed by atoms with Gasteiger partial charge in [-0.2, -0.15) is 4.52 Å². The average Bonchev–Trinajstić information content (AvgIpc) is 3.37. The van der Waals surface area contributed by atoms with E-state index in [1.54, 1.807) is 16.6 Å². The van der Waals surface area contributed by atoms with E-state index in [4.69, 9.17) is 27.6 Å². The van der Waals surface area contributed by atoms with Crippen molar-refractivity contribution in [2.45, 2.75) is 0 Å². The third-order valence-electron chi connectivity index (χ3n) is 4.04. The van der Waals surface area contributed by atoms with Crippen LogP contribution in [0.1, 0.15) is 0 Å². The Labute approximate surface area is 167 Å². The molecule has 0 saturated carbocycles. The molecule has 27 heavy (non-hydrogen) atoms. The predicted molar refractivity (Wildman–Crippen MR) is 107 cm³/mol. The molecule has 0 spiro atoms. The third-order valence-corrected chi connectivity index (χ3v) is 5.50. The number of benzene rings is 2. The van der Waals surface area contributed by atoms with Crippen LogP contribution >= 0.6 is 34.5 Å². The second-order valence-electron chi connectivity index (χ2n) is 5.78. The third kappa shape index (κ3) is 2.92. The Bertz CT molecular complexity index is 1260. The summed E-state index contributed by atoms with van der Waals surface area (Å²) >= 11 is 13.7. The number of hydrogen-bond donors (Lipinski definition) is 0. The summed E-state index contributed by atoms with van der Waals surface area (Å²) in [5.74, 6) is 1.99. The minimum absolute atomic E-state index is 0.535. The van der Waals surface area contributed by atoms with Crippen LogP contribution in [0.3, 0.4) is 0 Å². The molecule has 0 saturated heterocycles. The van der Waals surface area contributed by atoms with Crippen LogP contribution in [0.2, 0.25) is 10.0 Å². The summed E-state index contributed by atoms with van der Waals surface area (Å²) in [5.41, 5.74) is 1.73. The van der Waals surface area contributed by atoms with Crippen molar-refractivity contribution in [3.8, 4) is 33.5 Å². The largest absolute Gasteiger partial charge is 0.453 e. The molecule has 0 aliphatic heterocycles. The lowest BCUT2D eigenvalue weighted by atomic mass is 10.2. The highest BCUT2D eigenvalue weighted by atomic mass is 35.5. The summed E-state index contributed by atoms with van der Waals surface area (Å²) < 4.78 is 7.71. The summed E-state index contributed by atoms with van der Waals surface area (Å²) in [4.78, 5) is 0.700. The molecule has 0 unspecified atom stereocenters. The zero-order chi connectivity index (χ0) is 18.4. The molecule has 0 fully saturated rings. The maximum Gasteiger partial charge on any atom is 0.235 e. The van der Waals surface area contributed by atoms with E-state index in [1.807, 2.05) is 48.5 Å². The molecule has 5 nitrogen and oxygen atoms in total. The Hall–Kier alpha value is -2.67. The highest BCUT2D eigenvalue weighted by Gasteiger charge is 2.17. The Morgan fingerprint density at radius 2 is 1.70 bits per heavy atom. The molecular formula is C19H10Cl2N4OS. The minimum atomic E-state index is 0.535. The molecule has 8 heteroatoms. The second kappa shape index (κ2) is 6.49. The standard InChI is InChI=1S/C19H10Cl2N4OS/c20-12-6-7-13(14(21)10-12)15-8-9-16(26-15)18-24-25-17(22-23-19(25)27-18)11-4-2-1-3-5-11/h1-10H. The van der Waals surface area contributed by atoms with E-state index in [9.17, 15) is 0 Å². The minimum Gasteiger partial charge on any atom is -0.453 e. The lowest BCUT2D eigenvalue weighted by molar-refractivity contribution is 0.595. The van der Waals surface area contributed by atoms with Gasteiger partial charge in [0.05, 0.1) is 5.02 Å². The summed E-state index contributed by atoms with van der Waals surface area (Å²) in [7, 11) is 0. The first-order valence-electron chi connectivity index (χ1n) is 8.02. The smallest absolute Gasteiger partial charge is 0.235 e. The van der Waals surface area contributed by atoms with Gasteiger partial charge in [-0.3, -0.25) is 0 Å². The summed E-state index contributed by atoms with van der Waals surface area (Å²) in [6.45, 7) is 0. The Morgan fingerprint density at radius 1 is 0.889 bits per heavy atom. The van der Waals surface area contributed by atoms with Crippen LogP contribution in [0.25, 0.3) is 38.4 Å². The predicted octanol–water partition coefficient (Wildman–Crippen LogP) is 6.09. The van der Waals surface area contributed by atoms with Crippen LogP contribution in [0.5, 0.6) is 0 Å². The quantitative estimate of drug-likeness (QED) is 0.359. The van der Waals surface area contributed by atoms with Gasteiger partial charge in [0, 0.05) is 16.1 Å². The van der Waals surface area contributed by atoms with Gasteiger partial charge in [0.25, 0.3) is 0 Å². The fourth-order valence-corrected chi connectivity index (χ4v) is 4.07. The van der Waals surface area contributed by atoms with Crippen molar-refractivity contribution in [1.82, 2.24) is 19.8 Å². The van der Waals surface area contributed by atoms with Crippen molar-refractivity contribution in [3.63, 3.8) is 0 Å². The number of rotatable bonds is 3. The maximum atomic E-state index is 6.27. The lowest BCUT2D eigenvalue weighted by Gasteiger charge is -2.00. The van der Waals surface area contributed by atoms with Crippen molar-refractivity contribution < 1.29 is 4.42 Å². The number of halogens is 2. The van der Waals surface area contributed by atoms with Crippen LogP contribution < -0.4 is 0 Å². The van der Waals surface area contributed by atoms with Gasteiger partial charge < -0.3 is 4.42 Å². The molecule has 3 heterocycles. The average molecular weight is 413 g/mol. The van der Waals surface area contributed by atoms with E-state index < -0.39 is 0 Å². The number of hydrogen-bond acceptors (Lipinski definition) is 5. The molecular weight excluding hydrogens is 403 g/mol. The highest BCUT2D eigenvalue weighted by Crippen LogP contribution is 2.35. The molecule has 132 valence electrons. The van der Waals surface area contributed by atoms with Crippen molar-refractivity contribution in [2.24, 2.45) is 0 Å². The van der Waals surface area contributed by atoms with Crippen LogP contribution in [0, 0.1) is 0 Å².